The second-order valence-corrected chi connectivity index (χ2v) is 7.90. The van der Waals surface area contributed by atoms with Crippen molar-refractivity contribution in [3.8, 4) is 5.75 Å². The minimum atomic E-state index is -4.52. The Balaban J connectivity index is 1.63. The summed E-state index contributed by atoms with van der Waals surface area (Å²) in [7, 11) is -4.52. The third kappa shape index (κ3) is 4.63. The molecule has 154 valence electrons. The summed E-state index contributed by atoms with van der Waals surface area (Å²) in [5.41, 5.74) is 1.72. The summed E-state index contributed by atoms with van der Waals surface area (Å²) in [6.07, 6.45) is 0. The summed E-state index contributed by atoms with van der Waals surface area (Å²) in [5.74, 6) is -0.236. The number of hydrogen-bond donors (Lipinski definition) is 2. The summed E-state index contributed by atoms with van der Waals surface area (Å²) < 4.78 is 33.1. The fraction of sp³-hybridized carbons (Fsp3) is 0. The third-order valence-electron chi connectivity index (χ3n) is 4.40. The Hall–Kier alpha value is -3.95. The molecule has 0 heterocycles. The molecule has 0 atom stereocenters. The van der Waals surface area contributed by atoms with Crippen LogP contribution in [0.1, 0.15) is 0 Å². The first-order chi connectivity index (χ1) is 14.9. The Bertz CT molecular complexity index is 1400. The van der Waals surface area contributed by atoms with Gasteiger partial charge in [-0.1, -0.05) is 42.5 Å². The molecule has 9 heteroatoms. The van der Waals surface area contributed by atoms with Gasteiger partial charge in [0.05, 0.1) is 17.1 Å². The Kier molecular flexibility index (Phi) is 5.52. The maximum Gasteiger partial charge on any atom is 0.295 e. The number of aromatic hydroxyl groups is 1. The van der Waals surface area contributed by atoms with E-state index in [1.807, 2.05) is 30.3 Å². The van der Waals surface area contributed by atoms with Gasteiger partial charge in [0.25, 0.3) is 10.1 Å². The maximum atomic E-state index is 11.8. The molecule has 0 amide bonds. The zero-order valence-corrected chi connectivity index (χ0v) is 16.8. The molecular weight excluding hydrogens is 416 g/mol. The molecule has 0 saturated carbocycles. The summed E-state index contributed by atoms with van der Waals surface area (Å²) in [5, 5.41) is 27.2. The molecule has 4 aromatic carbocycles. The van der Waals surface area contributed by atoms with Gasteiger partial charge in [-0.15, -0.1) is 5.11 Å². The van der Waals surface area contributed by atoms with E-state index in [1.165, 1.54) is 12.1 Å². The van der Waals surface area contributed by atoms with Crippen LogP contribution in [0.4, 0.5) is 22.7 Å². The SMILES string of the molecule is O=S(=O)(O)c1cc(/N=N/c2ccc(/N=N/c3ccccc3)cc2)c(O)c2ccccc12. The Labute approximate surface area is 178 Å². The average Bonchev–Trinajstić information content (AvgIpc) is 2.78. The molecular formula is C22H16N4O4S. The van der Waals surface area contributed by atoms with Crippen LogP contribution in [0.3, 0.4) is 0 Å². The standard InChI is InChI=1S/C22H16N4O4S/c27-22-19-9-5-4-8-18(19)21(31(28,29)30)14-20(22)26-25-17-12-10-16(11-13-17)24-23-15-6-2-1-3-7-15/h1-14,27H,(H,28,29,30)/b24-23+,26-25+. The van der Waals surface area contributed by atoms with Crippen LogP contribution in [0.2, 0.25) is 0 Å². The normalized spacial score (nSPS) is 12.2. The third-order valence-corrected chi connectivity index (χ3v) is 5.29. The molecule has 2 N–H and O–H groups in total. The molecule has 0 aromatic heterocycles. The molecule has 0 fully saturated rings. The zero-order valence-electron chi connectivity index (χ0n) is 16.0. The highest BCUT2D eigenvalue weighted by molar-refractivity contribution is 7.86. The lowest BCUT2D eigenvalue weighted by Crippen LogP contribution is -1.99. The molecule has 31 heavy (non-hydrogen) atoms. The highest BCUT2D eigenvalue weighted by Crippen LogP contribution is 2.39. The first-order valence-electron chi connectivity index (χ1n) is 9.12. The number of benzene rings is 4. The largest absolute Gasteiger partial charge is 0.505 e. The number of nitrogens with zero attached hydrogens (tertiary/aromatic N) is 4. The topological polar surface area (TPSA) is 124 Å². The zero-order chi connectivity index (χ0) is 21.8. The van der Waals surface area contributed by atoms with Gasteiger partial charge in [0, 0.05) is 10.8 Å². The van der Waals surface area contributed by atoms with Crippen molar-refractivity contribution in [2.24, 2.45) is 20.5 Å². The quantitative estimate of drug-likeness (QED) is 0.271. The van der Waals surface area contributed by atoms with E-state index >= 15 is 0 Å². The smallest absolute Gasteiger partial charge is 0.295 e. The molecule has 0 unspecified atom stereocenters. The lowest BCUT2D eigenvalue weighted by Gasteiger charge is -2.08. The molecule has 0 radical (unpaired) electrons. The number of phenols is 1. The first-order valence-corrected chi connectivity index (χ1v) is 10.6. The molecule has 0 aliphatic heterocycles. The lowest BCUT2D eigenvalue weighted by atomic mass is 10.1. The van der Waals surface area contributed by atoms with E-state index in [4.69, 9.17) is 0 Å². The second-order valence-electron chi connectivity index (χ2n) is 6.52. The number of hydrogen-bond acceptors (Lipinski definition) is 7. The minimum Gasteiger partial charge on any atom is -0.505 e. The molecule has 4 aromatic rings. The summed E-state index contributed by atoms with van der Waals surface area (Å²) in [4.78, 5) is -0.355. The molecule has 0 spiro atoms. The van der Waals surface area contributed by atoms with Gasteiger partial charge in [0.2, 0.25) is 0 Å². The van der Waals surface area contributed by atoms with Gasteiger partial charge in [-0.2, -0.15) is 23.8 Å². The highest BCUT2D eigenvalue weighted by Gasteiger charge is 2.19. The van der Waals surface area contributed by atoms with Gasteiger partial charge in [-0.05, 0) is 42.5 Å². The van der Waals surface area contributed by atoms with Crippen molar-refractivity contribution in [1.82, 2.24) is 0 Å². The summed E-state index contributed by atoms with van der Waals surface area (Å²) in [6.45, 7) is 0. The van der Waals surface area contributed by atoms with Crippen LogP contribution >= 0.6 is 0 Å². The number of rotatable bonds is 5. The number of phenolic OH excluding ortho intramolecular Hbond substituents is 1. The molecule has 8 nitrogen and oxygen atoms in total. The van der Waals surface area contributed by atoms with E-state index in [0.29, 0.717) is 11.4 Å². The van der Waals surface area contributed by atoms with Crippen LogP contribution in [0.25, 0.3) is 10.8 Å². The van der Waals surface area contributed by atoms with Gasteiger partial charge in [-0.25, -0.2) is 0 Å². The van der Waals surface area contributed by atoms with Crippen molar-refractivity contribution in [2.75, 3.05) is 0 Å². The van der Waals surface area contributed by atoms with Crippen molar-refractivity contribution in [3.05, 3.63) is 84.9 Å². The predicted octanol–water partition coefficient (Wildman–Crippen LogP) is 6.62. The van der Waals surface area contributed by atoms with Crippen molar-refractivity contribution in [2.45, 2.75) is 4.90 Å². The monoisotopic (exact) mass is 432 g/mol. The Morgan fingerprint density at radius 2 is 1.10 bits per heavy atom. The van der Waals surface area contributed by atoms with Crippen molar-refractivity contribution >= 4 is 43.6 Å². The van der Waals surface area contributed by atoms with Crippen LogP contribution in [-0.2, 0) is 10.1 Å². The van der Waals surface area contributed by atoms with E-state index in [1.54, 1.807) is 36.4 Å². The highest BCUT2D eigenvalue weighted by atomic mass is 32.2. The van der Waals surface area contributed by atoms with Crippen LogP contribution in [-0.4, -0.2) is 18.1 Å². The minimum absolute atomic E-state index is 0.0841. The Morgan fingerprint density at radius 3 is 1.68 bits per heavy atom. The fourth-order valence-corrected chi connectivity index (χ4v) is 3.63. The lowest BCUT2D eigenvalue weighted by molar-refractivity contribution is 0.480. The van der Waals surface area contributed by atoms with E-state index in [9.17, 15) is 18.1 Å². The molecule has 0 saturated heterocycles. The summed E-state index contributed by atoms with van der Waals surface area (Å²) >= 11 is 0. The maximum absolute atomic E-state index is 11.8. The van der Waals surface area contributed by atoms with Crippen molar-refractivity contribution < 1.29 is 18.1 Å². The number of fused-ring (bicyclic) bond motifs is 1. The predicted molar refractivity (Wildman–Crippen MR) is 117 cm³/mol. The fourth-order valence-electron chi connectivity index (χ4n) is 2.91. The van der Waals surface area contributed by atoms with Crippen LogP contribution in [0.15, 0.2) is 110 Å². The van der Waals surface area contributed by atoms with E-state index in [-0.39, 0.29) is 27.1 Å². The molecule has 0 bridgehead atoms. The van der Waals surface area contributed by atoms with E-state index in [0.717, 1.165) is 11.8 Å². The van der Waals surface area contributed by atoms with Gasteiger partial charge in [0.1, 0.15) is 10.6 Å². The number of azo groups is 2. The first kappa shape index (κ1) is 20.3. The average molecular weight is 432 g/mol. The molecule has 4 rings (SSSR count). The van der Waals surface area contributed by atoms with Crippen LogP contribution in [0, 0.1) is 0 Å². The van der Waals surface area contributed by atoms with Gasteiger partial charge >= 0.3 is 0 Å². The van der Waals surface area contributed by atoms with Gasteiger partial charge in [-0.3, -0.25) is 4.55 Å². The summed E-state index contributed by atoms with van der Waals surface area (Å²) in [6, 6.07) is 23.4. The van der Waals surface area contributed by atoms with E-state index in [2.05, 4.69) is 20.5 Å². The Morgan fingerprint density at radius 1 is 0.613 bits per heavy atom. The van der Waals surface area contributed by atoms with Crippen molar-refractivity contribution in [3.63, 3.8) is 0 Å². The van der Waals surface area contributed by atoms with E-state index < -0.39 is 10.1 Å². The molecule has 0 aliphatic carbocycles. The molecule has 0 aliphatic rings. The van der Waals surface area contributed by atoms with Gasteiger partial charge < -0.3 is 5.11 Å². The van der Waals surface area contributed by atoms with Crippen LogP contribution in [0.5, 0.6) is 5.75 Å². The second kappa shape index (κ2) is 8.42. The van der Waals surface area contributed by atoms with Crippen molar-refractivity contribution in [1.29, 1.82) is 0 Å². The van der Waals surface area contributed by atoms with Gasteiger partial charge in [0.15, 0.2) is 5.75 Å². The van der Waals surface area contributed by atoms with Crippen LogP contribution < -0.4 is 0 Å².